The van der Waals surface area contributed by atoms with Crippen LogP contribution in [-0.2, 0) is 32.0 Å². The van der Waals surface area contributed by atoms with E-state index in [-0.39, 0.29) is 23.8 Å². The highest BCUT2D eigenvalue weighted by Gasteiger charge is 2.36. The molecule has 1 N–H and O–H groups in total. The molecule has 3 aliphatic heterocycles. The lowest BCUT2D eigenvalue weighted by molar-refractivity contribution is -0.142. The third-order valence-electron chi connectivity index (χ3n) is 6.96. The van der Waals surface area contributed by atoms with E-state index in [0.717, 1.165) is 57.1 Å². The standard InChI is InChI=1S/C25H37N3O4/c1-18(2)13-24(29)28-16-20-6-4-3-5-19(20)14-22(28)25(30)26-15-23(21-7-10-32-17-21)27-8-11-31-12-9-27/h3-6,18,21-23H,7-17H2,1-2H3,(H,26,30). The van der Waals surface area contributed by atoms with Crippen molar-refractivity contribution in [2.24, 2.45) is 11.8 Å². The van der Waals surface area contributed by atoms with Crippen molar-refractivity contribution in [3.8, 4) is 0 Å². The second-order valence-electron chi connectivity index (χ2n) is 9.69. The summed E-state index contributed by atoms with van der Waals surface area (Å²) in [5, 5.41) is 3.22. The Morgan fingerprint density at radius 2 is 1.84 bits per heavy atom. The molecule has 4 rings (SSSR count). The largest absolute Gasteiger partial charge is 0.381 e. The monoisotopic (exact) mass is 443 g/mol. The fraction of sp³-hybridized carbons (Fsp3) is 0.680. The van der Waals surface area contributed by atoms with E-state index in [1.165, 1.54) is 0 Å². The van der Waals surface area contributed by atoms with Crippen LogP contribution in [0.4, 0.5) is 0 Å². The molecule has 2 amide bonds. The summed E-state index contributed by atoms with van der Waals surface area (Å²) < 4.78 is 11.2. The van der Waals surface area contributed by atoms with Gasteiger partial charge in [0.1, 0.15) is 6.04 Å². The van der Waals surface area contributed by atoms with Crippen molar-refractivity contribution in [2.75, 3.05) is 46.1 Å². The SMILES string of the molecule is CC(C)CC(=O)N1Cc2ccccc2CC1C(=O)NCC(C1CCOC1)N1CCOCC1. The lowest BCUT2D eigenvalue weighted by atomic mass is 9.92. The van der Waals surface area contributed by atoms with Crippen LogP contribution < -0.4 is 5.32 Å². The summed E-state index contributed by atoms with van der Waals surface area (Å²) in [6, 6.07) is 7.93. The number of hydrogen-bond acceptors (Lipinski definition) is 5. The normalized spacial score (nSPS) is 24.9. The fourth-order valence-electron chi connectivity index (χ4n) is 5.17. The van der Waals surface area contributed by atoms with Crippen LogP contribution in [0.25, 0.3) is 0 Å². The Kier molecular flexibility index (Phi) is 7.81. The average molecular weight is 444 g/mol. The van der Waals surface area contributed by atoms with Crippen molar-refractivity contribution in [1.29, 1.82) is 0 Å². The van der Waals surface area contributed by atoms with Crippen LogP contribution in [0.15, 0.2) is 24.3 Å². The molecule has 3 aliphatic rings. The number of fused-ring (bicyclic) bond motifs is 1. The van der Waals surface area contributed by atoms with E-state index in [4.69, 9.17) is 9.47 Å². The van der Waals surface area contributed by atoms with E-state index < -0.39 is 6.04 Å². The van der Waals surface area contributed by atoms with Crippen molar-refractivity contribution in [3.05, 3.63) is 35.4 Å². The molecule has 7 heteroatoms. The van der Waals surface area contributed by atoms with Crippen molar-refractivity contribution in [2.45, 2.75) is 51.7 Å². The maximum atomic E-state index is 13.4. The van der Waals surface area contributed by atoms with Gasteiger partial charge >= 0.3 is 0 Å². The molecular formula is C25H37N3O4. The minimum absolute atomic E-state index is 0.0474. The van der Waals surface area contributed by atoms with Gasteiger partial charge in [-0.2, -0.15) is 0 Å². The Labute approximate surface area is 191 Å². The number of benzene rings is 1. The quantitative estimate of drug-likeness (QED) is 0.696. The molecule has 3 heterocycles. The summed E-state index contributed by atoms with van der Waals surface area (Å²) >= 11 is 0. The molecule has 0 aromatic heterocycles. The molecule has 176 valence electrons. The van der Waals surface area contributed by atoms with Crippen molar-refractivity contribution in [3.63, 3.8) is 0 Å². The molecule has 1 aromatic rings. The van der Waals surface area contributed by atoms with E-state index in [1.807, 2.05) is 26.0 Å². The molecule has 2 saturated heterocycles. The van der Waals surface area contributed by atoms with E-state index >= 15 is 0 Å². The highest BCUT2D eigenvalue weighted by Crippen LogP contribution is 2.26. The van der Waals surface area contributed by atoms with E-state index in [9.17, 15) is 9.59 Å². The number of morpholine rings is 1. The molecule has 0 bridgehead atoms. The molecule has 2 fully saturated rings. The van der Waals surface area contributed by atoms with Gasteiger partial charge in [0.05, 0.1) is 19.8 Å². The Balaban J connectivity index is 1.46. The van der Waals surface area contributed by atoms with E-state index in [2.05, 4.69) is 22.3 Å². The Bertz CT molecular complexity index is 787. The Morgan fingerprint density at radius 3 is 2.53 bits per heavy atom. The van der Waals surface area contributed by atoms with Gasteiger partial charge in [0.2, 0.25) is 11.8 Å². The van der Waals surface area contributed by atoms with Crippen molar-refractivity contribution in [1.82, 2.24) is 15.1 Å². The third-order valence-corrected chi connectivity index (χ3v) is 6.96. The zero-order valence-corrected chi connectivity index (χ0v) is 19.4. The van der Waals surface area contributed by atoms with Gasteiger partial charge in [-0.15, -0.1) is 0 Å². The number of carbonyl (C=O) groups excluding carboxylic acids is 2. The molecule has 0 spiro atoms. The summed E-state index contributed by atoms with van der Waals surface area (Å²) in [4.78, 5) is 30.7. The zero-order valence-electron chi connectivity index (χ0n) is 19.4. The lowest BCUT2D eigenvalue weighted by Crippen LogP contribution is -2.56. The predicted octanol–water partition coefficient (Wildman–Crippen LogP) is 1.84. The number of amides is 2. The van der Waals surface area contributed by atoms with Gasteiger partial charge in [0, 0.05) is 57.6 Å². The van der Waals surface area contributed by atoms with E-state index in [0.29, 0.717) is 31.8 Å². The van der Waals surface area contributed by atoms with Crippen LogP contribution in [0.1, 0.15) is 37.8 Å². The first-order chi connectivity index (χ1) is 15.5. The molecule has 1 aromatic carbocycles. The maximum absolute atomic E-state index is 13.4. The summed E-state index contributed by atoms with van der Waals surface area (Å²) in [7, 11) is 0. The van der Waals surface area contributed by atoms with Crippen LogP contribution in [0.2, 0.25) is 0 Å². The maximum Gasteiger partial charge on any atom is 0.243 e. The number of hydrogen-bond donors (Lipinski definition) is 1. The van der Waals surface area contributed by atoms with E-state index in [1.54, 1.807) is 4.90 Å². The van der Waals surface area contributed by atoms with Gasteiger partial charge in [0.25, 0.3) is 0 Å². The van der Waals surface area contributed by atoms with Gasteiger partial charge < -0.3 is 19.7 Å². The predicted molar refractivity (Wildman–Crippen MR) is 122 cm³/mol. The topological polar surface area (TPSA) is 71.1 Å². The van der Waals surface area contributed by atoms with Crippen LogP contribution in [-0.4, -0.2) is 79.8 Å². The Hall–Kier alpha value is -1.96. The molecule has 3 unspecified atom stereocenters. The fourth-order valence-corrected chi connectivity index (χ4v) is 5.17. The van der Waals surface area contributed by atoms with Gasteiger partial charge in [-0.25, -0.2) is 0 Å². The third kappa shape index (κ3) is 5.50. The average Bonchev–Trinajstić information content (AvgIpc) is 3.33. The summed E-state index contributed by atoms with van der Waals surface area (Å²) in [6.07, 6.45) is 2.05. The first-order valence-corrected chi connectivity index (χ1v) is 12.1. The molecule has 0 aliphatic carbocycles. The first kappa shape index (κ1) is 23.2. The molecule has 0 saturated carbocycles. The molecule has 32 heavy (non-hydrogen) atoms. The molecule has 7 nitrogen and oxygen atoms in total. The number of rotatable bonds is 7. The first-order valence-electron chi connectivity index (χ1n) is 12.1. The number of nitrogens with one attached hydrogen (secondary N) is 1. The van der Waals surface area contributed by atoms with Crippen molar-refractivity contribution < 1.29 is 19.1 Å². The molecule has 0 radical (unpaired) electrons. The number of carbonyl (C=O) groups is 2. The highest BCUT2D eigenvalue weighted by atomic mass is 16.5. The zero-order chi connectivity index (χ0) is 22.5. The second-order valence-corrected chi connectivity index (χ2v) is 9.69. The summed E-state index contributed by atoms with van der Waals surface area (Å²) in [5.74, 6) is 0.688. The van der Waals surface area contributed by atoms with Gasteiger partial charge in [-0.3, -0.25) is 14.5 Å². The highest BCUT2D eigenvalue weighted by molar-refractivity contribution is 5.88. The second kappa shape index (κ2) is 10.8. The van der Waals surface area contributed by atoms with Crippen LogP contribution in [0.3, 0.4) is 0 Å². The Morgan fingerprint density at radius 1 is 1.09 bits per heavy atom. The number of ether oxygens (including phenoxy) is 2. The van der Waals surface area contributed by atoms with Crippen LogP contribution >= 0.6 is 0 Å². The summed E-state index contributed by atoms with van der Waals surface area (Å²) in [6.45, 7) is 9.93. The van der Waals surface area contributed by atoms with Gasteiger partial charge in [-0.1, -0.05) is 38.1 Å². The van der Waals surface area contributed by atoms with Crippen LogP contribution in [0, 0.1) is 11.8 Å². The lowest BCUT2D eigenvalue weighted by Gasteiger charge is -2.39. The molecular weight excluding hydrogens is 406 g/mol. The van der Waals surface area contributed by atoms with Crippen molar-refractivity contribution >= 4 is 11.8 Å². The van der Waals surface area contributed by atoms with Gasteiger partial charge in [0.15, 0.2) is 0 Å². The van der Waals surface area contributed by atoms with Gasteiger partial charge in [-0.05, 0) is 23.5 Å². The molecule has 3 atom stereocenters. The summed E-state index contributed by atoms with van der Waals surface area (Å²) in [5.41, 5.74) is 2.30. The number of nitrogens with zero attached hydrogens (tertiary/aromatic N) is 2. The minimum atomic E-state index is -0.457. The van der Waals surface area contributed by atoms with Crippen LogP contribution in [0.5, 0.6) is 0 Å². The minimum Gasteiger partial charge on any atom is -0.381 e. The smallest absolute Gasteiger partial charge is 0.243 e.